The summed E-state index contributed by atoms with van der Waals surface area (Å²) in [7, 11) is 0. The number of hydrogen-bond donors (Lipinski definition) is 4. The van der Waals surface area contributed by atoms with Crippen molar-refractivity contribution in [2.24, 2.45) is 0 Å². The zero-order chi connectivity index (χ0) is 18.8. The minimum absolute atomic E-state index is 0.100. The molecule has 0 radical (unpaired) electrons. The first-order valence-corrected chi connectivity index (χ1v) is 10.8. The number of carboxylic acid groups (broad SMARTS) is 1. The van der Waals surface area contributed by atoms with Crippen molar-refractivity contribution < 1.29 is 19.5 Å². The maximum Gasteiger partial charge on any atom is 0.330 e. The van der Waals surface area contributed by atoms with Crippen LogP contribution in [0.25, 0.3) is 0 Å². The third-order valence-corrected chi connectivity index (χ3v) is 6.31. The molecule has 1 saturated carbocycles. The van der Waals surface area contributed by atoms with E-state index >= 15 is 0 Å². The fourth-order valence-corrected chi connectivity index (χ4v) is 4.81. The van der Waals surface area contributed by atoms with Crippen LogP contribution in [0.1, 0.15) is 64.2 Å². The molecule has 0 aromatic carbocycles. The molecular formula is C18H31N3O4S. The first-order chi connectivity index (χ1) is 12.5. The molecule has 2 rings (SSSR count). The Morgan fingerprint density at radius 3 is 2.50 bits per heavy atom. The quantitative estimate of drug-likeness (QED) is 0.455. The summed E-state index contributed by atoms with van der Waals surface area (Å²) in [6, 6.07) is 0.208. The lowest BCUT2D eigenvalue weighted by Gasteiger charge is -2.24. The molecule has 2 fully saturated rings. The summed E-state index contributed by atoms with van der Waals surface area (Å²) in [5.41, 5.74) is -1.08. The molecule has 2 aliphatic rings. The number of carbonyl (C=O) groups is 3. The molecule has 1 unspecified atom stereocenters. The van der Waals surface area contributed by atoms with E-state index in [1.165, 1.54) is 19.3 Å². The molecule has 1 saturated heterocycles. The van der Waals surface area contributed by atoms with Crippen LogP contribution in [0.15, 0.2) is 0 Å². The normalized spacial score (nSPS) is 23.4. The van der Waals surface area contributed by atoms with Crippen molar-refractivity contribution in [1.29, 1.82) is 0 Å². The summed E-state index contributed by atoms with van der Waals surface area (Å²) in [4.78, 5) is 35.2. The molecule has 26 heavy (non-hydrogen) atoms. The minimum atomic E-state index is -1.08. The lowest BCUT2D eigenvalue weighted by atomic mass is 9.96. The van der Waals surface area contributed by atoms with Gasteiger partial charge in [-0.2, -0.15) is 11.8 Å². The number of carbonyl (C=O) groups excluding carboxylic acids is 2. The topological polar surface area (TPSA) is 108 Å². The molecule has 1 heterocycles. The van der Waals surface area contributed by atoms with Gasteiger partial charge >= 0.3 is 12.0 Å². The van der Waals surface area contributed by atoms with Crippen LogP contribution in [0.2, 0.25) is 0 Å². The highest BCUT2D eigenvalue weighted by Gasteiger charge is 2.43. The average Bonchev–Trinajstić information content (AvgIpc) is 3.08. The van der Waals surface area contributed by atoms with Crippen molar-refractivity contribution in [1.82, 2.24) is 16.0 Å². The Balaban J connectivity index is 1.51. The number of aliphatic carboxylic acids is 1. The molecule has 7 nitrogen and oxygen atoms in total. The molecule has 8 heteroatoms. The average molecular weight is 386 g/mol. The van der Waals surface area contributed by atoms with E-state index in [1.54, 1.807) is 11.8 Å². The predicted octanol–water partition coefficient (Wildman–Crippen LogP) is 2.26. The Kier molecular flexibility index (Phi) is 8.54. The molecule has 148 valence electrons. The predicted molar refractivity (Wildman–Crippen MR) is 102 cm³/mol. The lowest BCUT2D eigenvalue weighted by molar-refractivity contribution is -0.146. The van der Waals surface area contributed by atoms with Gasteiger partial charge < -0.3 is 21.1 Å². The second kappa shape index (κ2) is 10.6. The smallest absolute Gasteiger partial charge is 0.330 e. The van der Waals surface area contributed by atoms with Gasteiger partial charge in [0, 0.05) is 24.8 Å². The Labute approximate surface area is 159 Å². The number of urea groups is 1. The first-order valence-electron chi connectivity index (χ1n) is 9.68. The van der Waals surface area contributed by atoms with Crippen LogP contribution >= 0.6 is 11.8 Å². The van der Waals surface area contributed by atoms with Gasteiger partial charge in [-0.1, -0.05) is 25.7 Å². The van der Waals surface area contributed by atoms with E-state index in [1.807, 2.05) is 0 Å². The van der Waals surface area contributed by atoms with Gasteiger partial charge in [0.15, 0.2) is 0 Å². The standard InChI is InChI=1S/C18H31N3O4S/c22-15(21-18(16(23)24)10-12-26-13-18)9-5-2-6-11-19-17(25)20-14-7-3-1-4-8-14/h14H,1-13H2,(H,21,22)(H,23,24)(H2,19,20,25). The molecule has 3 amide bonds. The Morgan fingerprint density at radius 2 is 1.85 bits per heavy atom. The highest BCUT2D eigenvalue weighted by molar-refractivity contribution is 7.99. The van der Waals surface area contributed by atoms with Crippen molar-refractivity contribution in [3.05, 3.63) is 0 Å². The molecular weight excluding hydrogens is 354 g/mol. The zero-order valence-electron chi connectivity index (χ0n) is 15.3. The van der Waals surface area contributed by atoms with Gasteiger partial charge in [0.1, 0.15) is 5.54 Å². The fraction of sp³-hybridized carbons (Fsp3) is 0.833. The minimum Gasteiger partial charge on any atom is -0.479 e. The van der Waals surface area contributed by atoms with Crippen molar-refractivity contribution in [3.8, 4) is 0 Å². The van der Waals surface area contributed by atoms with E-state index in [0.717, 1.165) is 31.4 Å². The third-order valence-electron chi connectivity index (χ3n) is 5.12. The number of thioether (sulfide) groups is 1. The van der Waals surface area contributed by atoms with Crippen LogP contribution in [-0.2, 0) is 9.59 Å². The summed E-state index contributed by atoms with van der Waals surface area (Å²) >= 11 is 1.56. The largest absolute Gasteiger partial charge is 0.479 e. The number of unbranched alkanes of at least 4 members (excludes halogenated alkanes) is 2. The fourth-order valence-electron chi connectivity index (χ4n) is 3.49. The van der Waals surface area contributed by atoms with Crippen LogP contribution in [0.3, 0.4) is 0 Å². The van der Waals surface area contributed by atoms with Crippen LogP contribution in [0.5, 0.6) is 0 Å². The van der Waals surface area contributed by atoms with Gasteiger partial charge in [-0.3, -0.25) is 4.79 Å². The van der Waals surface area contributed by atoms with Gasteiger partial charge in [0.05, 0.1) is 0 Å². The third kappa shape index (κ3) is 6.70. The number of nitrogens with one attached hydrogen (secondary N) is 3. The van der Waals surface area contributed by atoms with Gasteiger partial charge in [-0.05, 0) is 37.9 Å². The highest BCUT2D eigenvalue weighted by atomic mass is 32.2. The maximum atomic E-state index is 12.0. The van der Waals surface area contributed by atoms with Gasteiger partial charge in [-0.15, -0.1) is 0 Å². The Morgan fingerprint density at radius 1 is 1.08 bits per heavy atom. The molecule has 0 spiro atoms. The van der Waals surface area contributed by atoms with Gasteiger partial charge in [-0.25, -0.2) is 9.59 Å². The molecule has 1 atom stereocenters. The summed E-state index contributed by atoms with van der Waals surface area (Å²) in [5, 5.41) is 17.9. The van der Waals surface area contributed by atoms with E-state index in [4.69, 9.17) is 0 Å². The van der Waals surface area contributed by atoms with Crippen LogP contribution < -0.4 is 16.0 Å². The molecule has 0 aromatic rings. The van der Waals surface area contributed by atoms with Crippen molar-refractivity contribution in [2.75, 3.05) is 18.1 Å². The first kappa shape index (κ1) is 20.9. The van der Waals surface area contributed by atoms with Crippen molar-refractivity contribution in [3.63, 3.8) is 0 Å². The Bertz CT molecular complexity index is 489. The number of hydrogen-bond acceptors (Lipinski definition) is 4. The molecule has 0 aromatic heterocycles. The van der Waals surface area contributed by atoms with Crippen molar-refractivity contribution >= 4 is 29.7 Å². The van der Waals surface area contributed by atoms with E-state index in [-0.39, 0.29) is 11.9 Å². The highest BCUT2D eigenvalue weighted by Crippen LogP contribution is 2.28. The summed E-state index contributed by atoms with van der Waals surface area (Å²) in [5.74, 6) is 0.0665. The molecule has 0 bridgehead atoms. The van der Waals surface area contributed by atoms with Crippen LogP contribution in [0.4, 0.5) is 4.79 Å². The molecule has 1 aliphatic carbocycles. The number of carboxylic acids is 1. The second-order valence-corrected chi connectivity index (χ2v) is 8.39. The summed E-state index contributed by atoms with van der Waals surface area (Å²) < 4.78 is 0. The zero-order valence-corrected chi connectivity index (χ0v) is 16.2. The molecule has 4 N–H and O–H groups in total. The Hall–Kier alpha value is -1.44. The van der Waals surface area contributed by atoms with Gasteiger partial charge in [0.2, 0.25) is 5.91 Å². The number of amides is 3. The van der Waals surface area contributed by atoms with E-state index in [0.29, 0.717) is 37.6 Å². The second-order valence-electron chi connectivity index (χ2n) is 7.28. The van der Waals surface area contributed by atoms with E-state index in [9.17, 15) is 19.5 Å². The van der Waals surface area contributed by atoms with E-state index < -0.39 is 11.5 Å². The van der Waals surface area contributed by atoms with Crippen LogP contribution in [0, 0.1) is 0 Å². The molecule has 1 aliphatic heterocycles. The maximum absolute atomic E-state index is 12.0. The van der Waals surface area contributed by atoms with Crippen molar-refractivity contribution in [2.45, 2.75) is 75.8 Å². The van der Waals surface area contributed by atoms with Gasteiger partial charge in [0.25, 0.3) is 0 Å². The lowest BCUT2D eigenvalue weighted by Crippen LogP contribution is -2.54. The monoisotopic (exact) mass is 385 g/mol. The SMILES string of the molecule is O=C(CCCCCNC(=O)NC1CCCCC1)NC1(C(=O)O)CCSC1. The summed E-state index contributed by atoms with van der Waals surface area (Å²) in [6.45, 7) is 0.593. The summed E-state index contributed by atoms with van der Waals surface area (Å²) in [6.07, 6.45) is 8.92. The van der Waals surface area contributed by atoms with Crippen LogP contribution in [-0.4, -0.2) is 52.6 Å². The van der Waals surface area contributed by atoms with E-state index in [2.05, 4.69) is 16.0 Å². The number of rotatable bonds is 9.